The van der Waals surface area contributed by atoms with Gasteiger partial charge in [-0.2, -0.15) is 0 Å². The Bertz CT molecular complexity index is 448. The Kier molecular flexibility index (Phi) is 4.02. The van der Waals surface area contributed by atoms with E-state index in [0.717, 1.165) is 10.6 Å². The molecule has 0 unspecified atom stereocenters. The van der Waals surface area contributed by atoms with E-state index in [4.69, 9.17) is 17.0 Å². The molecule has 0 saturated carbocycles. The van der Waals surface area contributed by atoms with Crippen LogP contribution in [0.4, 0.5) is 5.69 Å². The number of esters is 1. The van der Waals surface area contributed by atoms with Gasteiger partial charge in [-0.1, -0.05) is 24.4 Å². The lowest BCUT2D eigenvalue weighted by Gasteiger charge is -2.25. The average Bonchev–Trinajstić information content (AvgIpc) is 2.30. The number of thioether (sulfide) groups is 1. The van der Waals surface area contributed by atoms with Gasteiger partial charge in [0.1, 0.15) is 0 Å². The largest absolute Gasteiger partial charge is 0.466 e. The van der Waals surface area contributed by atoms with Crippen LogP contribution in [0.5, 0.6) is 0 Å². The number of hydrogen-bond acceptors (Lipinski definition) is 4. The maximum absolute atomic E-state index is 11.4. The minimum Gasteiger partial charge on any atom is -0.466 e. The lowest BCUT2D eigenvalue weighted by molar-refractivity contribution is -0.142. The van der Waals surface area contributed by atoms with Gasteiger partial charge in [0.2, 0.25) is 0 Å². The molecular weight excluding hydrogens is 254 g/mol. The third-order valence-corrected chi connectivity index (χ3v) is 4.20. The van der Waals surface area contributed by atoms with Crippen molar-refractivity contribution in [2.24, 2.45) is 0 Å². The maximum atomic E-state index is 11.4. The standard InChI is InChI=1S/C12H13NO2S2/c1-2-15-11(14)7-10-12(16)13-8-5-3-4-6-9(8)17-10/h3-6,10H,2,7H2,1H3,(H,13,16)/t10-/m1/s1. The summed E-state index contributed by atoms with van der Waals surface area (Å²) in [5.74, 6) is -0.200. The number of ether oxygens (including phenoxy) is 1. The minimum absolute atomic E-state index is 0.0288. The molecule has 1 aromatic rings. The van der Waals surface area contributed by atoms with Crippen molar-refractivity contribution in [1.82, 2.24) is 0 Å². The molecule has 0 radical (unpaired) electrons. The number of rotatable bonds is 3. The topological polar surface area (TPSA) is 38.3 Å². The number of para-hydroxylation sites is 1. The predicted octanol–water partition coefficient (Wildman–Crippen LogP) is 2.85. The fraction of sp³-hybridized carbons (Fsp3) is 0.333. The third kappa shape index (κ3) is 2.98. The van der Waals surface area contributed by atoms with Gasteiger partial charge in [0.15, 0.2) is 0 Å². The van der Waals surface area contributed by atoms with Crippen LogP contribution < -0.4 is 5.32 Å². The second-order valence-corrected chi connectivity index (χ2v) is 5.29. The van der Waals surface area contributed by atoms with E-state index in [1.165, 1.54) is 0 Å². The van der Waals surface area contributed by atoms with Gasteiger partial charge < -0.3 is 10.1 Å². The van der Waals surface area contributed by atoms with Gasteiger partial charge in [0, 0.05) is 4.90 Å². The van der Waals surface area contributed by atoms with Gasteiger partial charge >= 0.3 is 5.97 Å². The minimum atomic E-state index is -0.200. The SMILES string of the molecule is CCOC(=O)C[C@H]1Sc2ccccc2NC1=S. The molecule has 0 amide bonds. The highest BCUT2D eigenvalue weighted by Gasteiger charge is 2.26. The van der Waals surface area contributed by atoms with E-state index in [0.29, 0.717) is 18.0 Å². The van der Waals surface area contributed by atoms with Crippen molar-refractivity contribution >= 4 is 40.6 Å². The van der Waals surface area contributed by atoms with Gasteiger partial charge in [-0.3, -0.25) is 4.79 Å². The Balaban J connectivity index is 2.07. The third-order valence-electron chi connectivity index (χ3n) is 2.36. The molecule has 2 rings (SSSR count). The lowest BCUT2D eigenvalue weighted by Crippen LogP contribution is -2.29. The van der Waals surface area contributed by atoms with Crippen molar-refractivity contribution in [2.45, 2.75) is 23.5 Å². The van der Waals surface area contributed by atoms with Crippen molar-refractivity contribution in [3.8, 4) is 0 Å². The predicted molar refractivity (Wildman–Crippen MR) is 73.6 cm³/mol. The van der Waals surface area contributed by atoms with Gasteiger partial charge in [-0.05, 0) is 19.1 Å². The van der Waals surface area contributed by atoms with Gasteiger partial charge in [-0.15, -0.1) is 11.8 Å². The zero-order valence-electron chi connectivity index (χ0n) is 9.43. The van der Waals surface area contributed by atoms with Gasteiger partial charge in [0.05, 0.1) is 29.0 Å². The van der Waals surface area contributed by atoms with E-state index in [1.54, 1.807) is 18.7 Å². The second kappa shape index (κ2) is 5.51. The van der Waals surface area contributed by atoms with E-state index >= 15 is 0 Å². The van der Waals surface area contributed by atoms with Crippen molar-refractivity contribution in [1.29, 1.82) is 0 Å². The molecule has 1 aliphatic heterocycles. The van der Waals surface area contributed by atoms with Crippen LogP contribution in [0.2, 0.25) is 0 Å². The molecule has 1 atom stereocenters. The smallest absolute Gasteiger partial charge is 0.307 e. The summed E-state index contributed by atoms with van der Waals surface area (Å²) in [6.07, 6.45) is 0.318. The number of anilines is 1. The number of carbonyl (C=O) groups excluding carboxylic acids is 1. The molecule has 0 bridgehead atoms. The molecule has 3 nitrogen and oxygen atoms in total. The Morgan fingerprint density at radius 1 is 1.53 bits per heavy atom. The van der Waals surface area contributed by atoms with Crippen LogP contribution in [-0.2, 0) is 9.53 Å². The quantitative estimate of drug-likeness (QED) is 0.673. The molecule has 1 aliphatic rings. The first-order chi connectivity index (χ1) is 8.20. The van der Waals surface area contributed by atoms with Gasteiger partial charge in [0.25, 0.3) is 0 Å². The van der Waals surface area contributed by atoms with Crippen molar-refractivity contribution < 1.29 is 9.53 Å². The summed E-state index contributed by atoms with van der Waals surface area (Å²) in [5.41, 5.74) is 1.02. The highest BCUT2D eigenvalue weighted by molar-refractivity contribution is 8.02. The van der Waals surface area contributed by atoms with E-state index in [2.05, 4.69) is 5.32 Å². The van der Waals surface area contributed by atoms with Crippen LogP contribution in [0.15, 0.2) is 29.2 Å². The molecule has 0 saturated heterocycles. The fourth-order valence-corrected chi connectivity index (χ4v) is 3.03. The molecule has 90 valence electrons. The van der Waals surface area contributed by atoms with Crippen molar-refractivity contribution in [3.63, 3.8) is 0 Å². The Morgan fingerprint density at radius 3 is 3.06 bits per heavy atom. The summed E-state index contributed by atoms with van der Waals surface area (Å²) in [6.45, 7) is 2.21. The van der Waals surface area contributed by atoms with Crippen molar-refractivity contribution in [2.75, 3.05) is 11.9 Å². The second-order valence-electron chi connectivity index (χ2n) is 3.60. The summed E-state index contributed by atoms with van der Waals surface area (Å²) >= 11 is 6.88. The molecular formula is C12H13NO2S2. The summed E-state index contributed by atoms with van der Waals surface area (Å²) in [5, 5.41) is 3.13. The highest BCUT2D eigenvalue weighted by atomic mass is 32.2. The van der Waals surface area contributed by atoms with Crippen LogP contribution in [-0.4, -0.2) is 22.8 Å². The summed E-state index contributed by atoms with van der Waals surface area (Å²) in [7, 11) is 0. The lowest BCUT2D eigenvalue weighted by atomic mass is 10.2. The van der Waals surface area contributed by atoms with E-state index in [1.807, 2.05) is 24.3 Å². The first-order valence-corrected chi connectivity index (χ1v) is 6.71. The first-order valence-electron chi connectivity index (χ1n) is 5.43. The normalized spacial score (nSPS) is 18.2. The molecule has 0 spiro atoms. The highest BCUT2D eigenvalue weighted by Crippen LogP contribution is 2.37. The zero-order valence-corrected chi connectivity index (χ0v) is 11.1. The maximum Gasteiger partial charge on any atom is 0.307 e. The molecule has 17 heavy (non-hydrogen) atoms. The van der Waals surface area contributed by atoms with Crippen LogP contribution >= 0.6 is 24.0 Å². The summed E-state index contributed by atoms with van der Waals surface area (Å²) in [4.78, 5) is 13.3. The summed E-state index contributed by atoms with van der Waals surface area (Å²) < 4.78 is 4.94. The monoisotopic (exact) mass is 267 g/mol. The Morgan fingerprint density at radius 2 is 2.29 bits per heavy atom. The van der Waals surface area contributed by atoms with E-state index < -0.39 is 0 Å². The average molecular weight is 267 g/mol. The number of thiocarbonyl (C=S) groups is 1. The molecule has 5 heteroatoms. The van der Waals surface area contributed by atoms with E-state index in [9.17, 15) is 4.79 Å². The molecule has 1 aromatic carbocycles. The van der Waals surface area contributed by atoms with Crippen LogP contribution in [0, 0.1) is 0 Å². The van der Waals surface area contributed by atoms with E-state index in [-0.39, 0.29) is 11.2 Å². The summed E-state index contributed by atoms with van der Waals surface area (Å²) in [6, 6.07) is 7.94. The number of hydrogen-bond donors (Lipinski definition) is 1. The zero-order chi connectivity index (χ0) is 12.3. The fourth-order valence-electron chi connectivity index (χ4n) is 1.60. The van der Waals surface area contributed by atoms with Crippen LogP contribution in [0.3, 0.4) is 0 Å². The van der Waals surface area contributed by atoms with Crippen LogP contribution in [0.1, 0.15) is 13.3 Å². The molecule has 0 fully saturated rings. The molecule has 0 aromatic heterocycles. The molecule has 1 heterocycles. The van der Waals surface area contributed by atoms with Gasteiger partial charge in [-0.25, -0.2) is 0 Å². The number of benzene rings is 1. The van der Waals surface area contributed by atoms with Crippen molar-refractivity contribution in [3.05, 3.63) is 24.3 Å². The Labute approximate surface area is 110 Å². The van der Waals surface area contributed by atoms with Crippen LogP contribution in [0.25, 0.3) is 0 Å². The molecule has 0 aliphatic carbocycles. The molecule has 1 N–H and O–H groups in total. The first kappa shape index (κ1) is 12.4. The number of carbonyl (C=O) groups is 1. The number of nitrogens with one attached hydrogen (secondary N) is 1. The Hall–Kier alpha value is -1.07. The number of fused-ring (bicyclic) bond motifs is 1.